The Morgan fingerprint density at radius 1 is 1.37 bits per heavy atom. The van der Waals surface area contributed by atoms with E-state index in [-0.39, 0.29) is 30.5 Å². The second-order valence-corrected chi connectivity index (χ2v) is 6.36. The lowest BCUT2D eigenvalue weighted by Gasteiger charge is -2.38. The van der Waals surface area contributed by atoms with Crippen LogP contribution in [0.5, 0.6) is 0 Å². The molecule has 1 unspecified atom stereocenters. The first-order valence-electron chi connectivity index (χ1n) is 9.04. The van der Waals surface area contributed by atoms with Crippen molar-refractivity contribution in [2.24, 2.45) is 0 Å². The van der Waals surface area contributed by atoms with Crippen LogP contribution in [0.2, 0.25) is 0 Å². The second kappa shape index (κ2) is 10.8. The molecule has 154 valence electrons. The Morgan fingerprint density at radius 3 is 2.48 bits per heavy atom. The third kappa shape index (κ3) is 7.14. The zero-order chi connectivity index (χ0) is 20.6. The van der Waals surface area contributed by atoms with Gasteiger partial charge >= 0.3 is 5.97 Å². The van der Waals surface area contributed by atoms with Crippen LogP contribution < -0.4 is 10.6 Å². The van der Waals surface area contributed by atoms with Crippen LogP contribution in [0.4, 0.5) is 0 Å². The average molecular weight is 387 g/mol. The Kier molecular flexibility index (Phi) is 9.16. The van der Waals surface area contributed by atoms with E-state index in [1.165, 1.54) is 13.8 Å². The molecule has 0 aromatic carbocycles. The molecule has 1 rings (SSSR count). The van der Waals surface area contributed by atoms with Crippen LogP contribution in [0.3, 0.4) is 0 Å². The van der Waals surface area contributed by atoms with E-state index in [0.717, 1.165) is 12.8 Å². The smallest absolute Gasteiger partial charge is 0.335 e. The molecule has 10 nitrogen and oxygen atoms in total. The third-order valence-corrected chi connectivity index (χ3v) is 4.36. The third-order valence-electron chi connectivity index (χ3n) is 4.36. The molecule has 0 heterocycles. The Bertz CT molecular complexity index is 563. The molecular weight excluding hydrogens is 358 g/mol. The fraction of sp³-hybridized carbons (Fsp3) is 0.765. The fourth-order valence-corrected chi connectivity index (χ4v) is 3.01. The van der Waals surface area contributed by atoms with Crippen LogP contribution in [0.15, 0.2) is 11.6 Å². The van der Waals surface area contributed by atoms with Crippen LogP contribution in [0, 0.1) is 10.1 Å². The van der Waals surface area contributed by atoms with Crippen LogP contribution in [-0.4, -0.2) is 54.6 Å². The van der Waals surface area contributed by atoms with Gasteiger partial charge in [0.1, 0.15) is 0 Å². The van der Waals surface area contributed by atoms with E-state index in [1.807, 2.05) is 13.8 Å². The normalized spacial score (nSPS) is 23.3. The first-order chi connectivity index (χ1) is 12.7. The van der Waals surface area contributed by atoms with Gasteiger partial charge in [0, 0.05) is 18.5 Å². The van der Waals surface area contributed by atoms with Crippen molar-refractivity contribution in [3.8, 4) is 0 Å². The van der Waals surface area contributed by atoms with Gasteiger partial charge in [0.05, 0.1) is 18.2 Å². The molecule has 0 spiro atoms. The number of nitrogens with one attached hydrogen (secondary N) is 2. The van der Waals surface area contributed by atoms with Gasteiger partial charge in [-0.3, -0.25) is 9.63 Å². The van der Waals surface area contributed by atoms with E-state index in [1.54, 1.807) is 13.1 Å². The highest BCUT2D eigenvalue weighted by Gasteiger charge is 2.37. The molecule has 2 N–H and O–H groups in total. The van der Waals surface area contributed by atoms with Crippen LogP contribution in [0.1, 0.15) is 47.0 Å². The van der Waals surface area contributed by atoms with Crippen LogP contribution in [0.25, 0.3) is 0 Å². The predicted octanol–water partition coefficient (Wildman–Crippen LogP) is 1.08. The van der Waals surface area contributed by atoms with Crippen molar-refractivity contribution in [1.82, 2.24) is 10.6 Å². The molecule has 0 aliphatic heterocycles. The lowest BCUT2D eigenvalue weighted by molar-refractivity contribution is -0.777. The highest BCUT2D eigenvalue weighted by Crippen LogP contribution is 2.25. The summed E-state index contributed by atoms with van der Waals surface area (Å²) in [6.45, 7) is 6.67. The largest absolute Gasteiger partial charge is 0.432 e. The Hall–Kier alpha value is -2.20. The standard InChI is InChI=1S/C17H29N3O7/c1-6-13(7-2)26-15-9-12(17(22)25-11(4)27-20(23)24)8-14(18-5)16(15)19-10(3)21/h9,11,13-16,18H,6-8H2,1-5H3,(H,19,21)/t11?,14-,15+,16+/m0/s1. The maximum absolute atomic E-state index is 12.4. The number of ether oxygens (including phenoxy) is 2. The molecule has 0 bridgehead atoms. The zero-order valence-corrected chi connectivity index (χ0v) is 16.4. The maximum atomic E-state index is 12.4. The second-order valence-electron chi connectivity index (χ2n) is 6.36. The van der Waals surface area contributed by atoms with Gasteiger partial charge in [0.2, 0.25) is 12.2 Å². The van der Waals surface area contributed by atoms with Gasteiger partial charge in [-0.15, -0.1) is 10.1 Å². The van der Waals surface area contributed by atoms with Crippen molar-refractivity contribution in [1.29, 1.82) is 0 Å². The minimum absolute atomic E-state index is 0.0351. The molecule has 10 heteroatoms. The molecule has 0 aromatic rings. The highest BCUT2D eigenvalue weighted by molar-refractivity contribution is 5.89. The summed E-state index contributed by atoms with van der Waals surface area (Å²) >= 11 is 0. The summed E-state index contributed by atoms with van der Waals surface area (Å²) in [4.78, 5) is 38.6. The highest BCUT2D eigenvalue weighted by atomic mass is 17.0. The quantitative estimate of drug-likeness (QED) is 0.247. The first-order valence-corrected chi connectivity index (χ1v) is 9.04. The minimum atomic E-state index is -1.33. The molecule has 0 saturated carbocycles. The molecule has 0 radical (unpaired) electrons. The molecular formula is C17H29N3O7. The maximum Gasteiger partial charge on any atom is 0.335 e. The van der Waals surface area contributed by atoms with Gasteiger partial charge in [-0.05, 0) is 39.3 Å². The Morgan fingerprint density at radius 2 is 2.00 bits per heavy atom. The summed E-state index contributed by atoms with van der Waals surface area (Å²) < 4.78 is 11.1. The number of nitrogens with zero attached hydrogens (tertiary/aromatic N) is 1. The van der Waals surface area contributed by atoms with Crippen LogP contribution >= 0.6 is 0 Å². The lowest BCUT2D eigenvalue weighted by Crippen LogP contribution is -2.58. The van der Waals surface area contributed by atoms with Gasteiger partial charge in [-0.2, -0.15) is 0 Å². The van der Waals surface area contributed by atoms with Crippen molar-refractivity contribution < 1.29 is 29.0 Å². The molecule has 0 fully saturated rings. The molecule has 1 aliphatic rings. The summed E-state index contributed by atoms with van der Waals surface area (Å²) in [5.74, 6) is -0.921. The predicted molar refractivity (Wildman–Crippen MR) is 96.0 cm³/mol. The topological polar surface area (TPSA) is 129 Å². The van der Waals surface area contributed by atoms with Gasteiger partial charge in [-0.25, -0.2) is 4.79 Å². The molecule has 4 atom stereocenters. The zero-order valence-electron chi connectivity index (χ0n) is 16.4. The Labute approximate surface area is 158 Å². The monoisotopic (exact) mass is 387 g/mol. The summed E-state index contributed by atoms with van der Waals surface area (Å²) in [6, 6.07) is -0.635. The van der Waals surface area contributed by atoms with Crippen molar-refractivity contribution in [3.05, 3.63) is 21.8 Å². The lowest BCUT2D eigenvalue weighted by atomic mass is 9.87. The van der Waals surface area contributed by atoms with Gasteiger partial charge < -0.3 is 20.1 Å². The summed E-state index contributed by atoms with van der Waals surface area (Å²) in [5, 5.41) is 15.3. The Balaban J connectivity index is 3.05. The molecule has 27 heavy (non-hydrogen) atoms. The van der Waals surface area contributed by atoms with Crippen molar-refractivity contribution in [2.45, 2.75) is 77.5 Å². The minimum Gasteiger partial charge on any atom is -0.432 e. The average Bonchev–Trinajstić information content (AvgIpc) is 2.59. The van der Waals surface area contributed by atoms with Gasteiger partial charge in [0.15, 0.2) is 0 Å². The van der Waals surface area contributed by atoms with E-state index in [9.17, 15) is 19.7 Å². The van der Waals surface area contributed by atoms with E-state index in [2.05, 4.69) is 15.5 Å². The van der Waals surface area contributed by atoms with Crippen molar-refractivity contribution in [3.63, 3.8) is 0 Å². The van der Waals surface area contributed by atoms with Gasteiger partial charge in [-0.1, -0.05) is 13.8 Å². The van der Waals surface area contributed by atoms with Crippen molar-refractivity contribution in [2.75, 3.05) is 7.05 Å². The molecule has 1 aliphatic carbocycles. The number of carbonyl (C=O) groups excluding carboxylic acids is 2. The molecule has 1 amide bonds. The number of hydrogen-bond acceptors (Lipinski definition) is 8. The first kappa shape index (κ1) is 22.8. The molecule has 0 aromatic heterocycles. The van der Waals surface area contributed by atoms with E-state index in [0.29, 0.717) is 5.57 Å². The van der Waals surface area contributed by atoms with Gasteiger partial charge in [0.25, 0.3) is 5.09 Å². The number of esters is 1. The fourth-order valence-electron chi connectivity index (χ4n) is 3.01. The van der Waals surface area contributed by atoms with E-state index < -0.39 is 23.4 Å². The van der Waals surface area contributed by atoms with E-state index in [4.69, 9.17) is 9.47 Å². The van der Waals surface area contributed by atoms with Crippen molar-refractivity contribution >= 4 is 11.9 Å². The number of rotatable bonds is 10. The summed E-state index contributed by atoms with van der Waals surface area (Å²) in [7, 11) is 1.72. The number of hydrogen-bond donors (Lipinski definition) is 2. The SMILES string of the molecule is CCC(CC)O[C@@H]1C=C(C(=O)OC(C)O[N+](=O)[O-])C[C@H](NC)[C@H]1NC(C)=O. The summed E-state index contributed by atoms with van der Waals surface area (Å²) in [5.41, 5.74) is 0.311. The van der Waals surface area contributed by atoms with E-state index >= 15 is 0 Å². The number of amides is 1. The van der Waals surface area contributed by atoms with Crippen LogP contribution in [-0.2, 0) is 23.9 Å². The number of likely N-dealkylation sites (N-methyl/N-ethyl adjacent to an activating group) is 1. The molecule has 0 saturated heterocycles. The number of carbonyl (C=O) groups is 2. The summed E-state index contributed by atoms with van der Waals surface area (Å²) in [6.07, 6.45) is 1.55.